The highest BCUT2D eigenvalue weighted by molar-refractivity contribution is 6.09. The molecule has 0 aliphatic rings. The zero-order valence-electron chi connectivity index (χ0n) is 9.05. The predicted molar refractivity (Wildman–Crippen MR) is 62.4 cm³/mol. The Morgan fingerprint density at radius 1 is 1.44 bits per heavy atom. The number of Topliss-reactive ketones (excluding diaryl/α,β-unsaturated/α-hetero) is 1. The van der Waals surface area contributed by atoms with Crippen molar-refractivity contribution in [2.45, 2.75) is 19.4 Å². The van der Waals surface area contributed by atoms with E-state index in [1.165, 1.54) is 0 Å². The van der Waals surface area contributed by atoms with Crippen LogP contribution in [0.25, 0.3) is 10.8 Å². The lowest BCUT2D eigenvalue weighted by Crippen LogP contribution is -2.19. The number of fused-ring (bicyclic) bond motifs is 1. The van der Waals surface area contributed by atoms with Crippen molar-refractivity contribution in [2.24, 2.45) is 0 Å². The van der Waals surface area contributed by atoms with Gasteiger partial charge in [-0.05, 0) is 17.9 Å². The monoisotopic (exact) mass is 215 g/mol. The van der Waals surface area contributed by atoms with Crippen LogP contribution < -0.4 is 0 Å². The van der Waals surface area contributed by atoms with Crippen molar-refractivity contribution < 1.29 is 9.90 Å². The maximum atomic E-state index is 11.9. The summed E-state index contributed by atoms with van der Waals surface area (Å²) < 4.78 is 0. The van der Waals surface area contributed by atoms with E-state index in [-0.39, 0.29) is 5.78 Å². The standard InChI is InChI=1S/C13H13NO2/c1-2-12(15)13(16)10-5-3-4-9-6-7-14-8-11(9)10/h3-8,12,15H,2H2,1H3. The lowest BCUT2D eigenvalue weighted by Gasteiger charge is -2.08. The molecular weight excluding hydrogens is 202 g/mol. The number of aliphatic hydroxyl groups is 1. The molecule has 1 aromatic carbocycles. The minimum Gasteiger partial charge on any atom is -0.385 e. The average Bonchev–Trinajstić information content (AvgIpc) is 2.36. The minimum atomic E-state index is -0.925. The summed E-state index contributed by atoms with van der Waals surface area (Å²) in [4.78, 5) is 15.9. The van der Waals surface area contributed by atoms with Crippen LogP contribution in [0.1, 0.15) is 23.7 Å². The Bertz CT molecular complexity index is 517. The van der Waals surface area contributed by atoms with Gasteiger partial charge in [0.25, 0.3) is 0 Å². The molecule has 1 heterocycles. The third kappa shape index (κ3) is 1.82. The Morgan fingerprint density at radius 2 is 2.25 bits per heavy atom. The van der Waals surface area contributed by atoms with Crippen molar-refractivity contribution in [3.05, 3.63) is 42.2 Å². The molecule has 0 fully saturated rings. The second kappa shape index (κ2) is 4.41. The van der Waals surface area contributed by atoms with Crippen LogP contribution in [0.15, 0.2) is 36.7 Å². The van der Waals surface area contributed by atoms with Gasteiger partial charge < -0.3 is 5.11 Å². The van der Waals surface area contributed by atoms with E-state index in [0.717, 1.165) is 10.8 Å². The van der Waals surface area contributed by atoms with Crippen LogP contribution in [0.4, 0.5) is 0 Å². The second-order valence-corrected chi connectivity index (χ2v) is 3.69. The van der Waals surface area contributed by atoms with Crippen LogP contribution in [0.5, 0.6) is 0 Å². The van der Waals surface area contributed by atoms with Crippen molar-refractivity contribution in [1.82, 2.24) is 4.98 Å². The number of ketones is 1. The Kier molecular flexibility index (Phi) is 2.97. The largest absolute Gasteiger partial charge is 0.385 e. The van der Waals surface area contributed by atoms with Gasteiger partial charge >= 0.3 is 0 Å². The summed E-state index contributed by atoms with van der Waals surface area (Å²) in [7, 11) is 0. The summed E-state index contributed by atoms with van der Waals surface area (Å²) in [6, 6.07) is 7.32. The molecule has 2 aromatic rings. The summed E-state index contributed by atoms with van der Waals surface area (Å²) in [6.45, 7) is 1.78. The third-order valence-electron chi connectivity index (χ3n) is 2.64. The van der Waals surface area contributed by atoms with Gasteiger partial charge in [0.05, 0.1) is 0 Å². The van der Waals surface area contributed by atoms with Gasteiger partial charge in [-0.3, -0.25) is 9.78 Å². The fraction of sp³-hybridized carbons (Fsp3) is 0.231. The Morgan fingerprint density at radius 3 is 3.00 bits per heavy atom. The van der Waals surface area contributed by atoms with E-state index >= 15 is 0 Å². The molecule has 1 aromatic heterocycles. The highest BCUT2D eigenvalue weighted by atomic mass is 16.3. The molecule has 0 amide bonds. The van der Waals surface area contributed by atoms with E-state index in [1.54, 1.807) is 25.4 Å². The average molecular weight is 215 g/mol. The van der Waals surface area contributed by atoms with Gasteiger partial charge in [-0.1, -0.05) is 25.1 Å². The molecule has 16 heavy (non-hydrogen) atoms. The van der Waals surface area contributed by atoms with Crippen molar-refractivity contribution in [3.63, 3.8) is 0 Å². The van der Waals surface area contributed by atoms with Crippen LogP contribution >= 0.6 is 0 Å². The SMILES string of the molecule is CCC(O)C(=O)c1cccc2ccncc12. The molecule has 0 aliphatic heterocycles. The highest BCUT2D eigenvalue weighted by Gasteiger charge is 2.17. The normalized spacial score (nSPS) is 12.6. The summed E-state index contributed by atoms with van der Waals surface area (Å²) in [6.07, 6.45) is 2.85. The van der Waals surface area contributed by atoms with Gasteiger partial charge in [-0.25, -0.2) is 0 Å². The summed E-state index contributed by atoms with van der Waals surface area (Å²) >= 11 is 0. The van der Waals surface area contributed by atoms with Gasteiger partial charge in [0.15, 0.2) is 5.78 Å². The van der Waals surface area contributed by atoms with E-state index in [1.807, 2.05) is 18.2 Å². The van der Waals surface area contributed by atoms with Crippen molar-refractivity contribution >= 4 is 16.6 Å². The summed E-state index contributed by atoms with van der Waals surface area (Å²) in [5.74, 6) is -0.235. The quantitative estimate of drug-likeness (QED) is 0.798. The number of pyridine rings is 1. The molecule has 0 aliphatic carbocycles. The molecule has 0 bridgehead atoms. The summed E-state index contributed by atoms with van der Waals surface area (Å²) in [5.41, 5.74) is 0.542. The number of aliphatic hydroxyl groups excluding tert-OH is 1. The predicted octanol–water partition coefficient (Wildman–Crippen LogP) is 2.19. The fourth-order valence-corrected chi connectivity index (χ4v) is 1.69. The van der Waals surface area contributed by atoms with E-state index in [0.29, 0.717) is 12.0 Å². The van der Waals surface area contributed by atoms with Crippen LogP contribution in [-0.2, 0) is 0 Å². The van der Waals surface area contributed by atoms with Crippen molar-refractivity contribution in [3.8, 4) is 0 Å². The zero-order valence-corrected chi connectivity index (χ0v) is 9.05. The molecule has 0 saturated heterocycles. The molecule has 1 unspecified atom stereocenters. The molecule has 1 atom stereocenters. The van der Waals surface area contributed by atoms with Crippen LogP contribution in [0.3, 0.4) is 0 Å². The number of carbonyl (C=O) groups excluding carboxylic acids is 1. The fourth-order valence-electron chi connectivity index (χ4n) is 1.69. The number of hydrogen-bond acceptors (Lipinski definition) is 3. The van der Waals surface area contributed by atoms with Gasteiger partial charge in [0, 0.05) is 23.3 Å². The molecule has 0 saturated carbocycles. The maximum Gasteiger partial charge on any atom is 0.191 e. The van der Waals surface area contributed by atoms with E-state index in [9.17, 15) is 9.90 Å². The number of aromatic nitrogens is 1. The minimum absolute atomic E-state index is 0.235. The lowest BCUT2D eigenvalue weighted by atomic mass is 9.99. The van der Waals surface area contributed by atoms with Gasteiger partial charge in [0.2, 0.25) is 0 Å². The molecule has 3 nitrogen and oxygen atoms in total. The molecule has 1 N–H and O–H groups in total. The number of carbonyl (C=O) groups is 1. The van der Waals surface area contributed by atoms with Crippen LogP contribution in [-0.4, -0.2) is 22.0 Å². The molecule has 2 rings (SSSR count). The zero-order chi connectivity index (χ0) is 11.5. The maximum absolute atomic E-state index is 11.9. The van der Waals surface area contributed by atoms with Gasteiger partial charge in [0.1, 0.15) is 6.10 Å². The number of benzene rings is 1. The van der Waals surface area contributed by atoms with Gasteiger partial charge in [-0.15, -0.1) is 0 Å². The topological polar surface area (TPSA) is 50.2 Å². The number of nitrogens with zero attached hydrogens (tertiary/aromatic N) is 1. The van der Waals surface area contributed by atoms with Crippen LogP contribution in [0, 0.1) is 0 Å². The van der Waals surface area contributed by atoms with E-state index < -0.39 is 6.10 Å². The number of hydrogen-bond donors (Lipinski definition) is 1. The third-order valence-corrected chi connectivity index (χ3v) is 2.64. The molecule has 82 valence electrons. The lowest BCUT2D eigenvalue weighted by molar-refractivity contribution is 0.0742. The first-order valence-corrected chi connectivity index (χ1v) is 5.29. The summed E-state index contributed by atoms with van der Waals surface area (Å²) in [5, 5.41) is 11.3. The van der Waals surface area contributed by atoms with E-state index in [4.69, 9.17) is 0 Å². The van der Waals surface area contributed by atoms with E-state index in [2.05, 4.69) is 4.98 Å². The molecule has 0 spiro atoms. The van der Waals surface area contributed by atoms with Crippen LogP contribution in [0.2, 0.25) is 0 Å². The second-order valence-electron chi connectivity index (χ2n) is 3.69. The molecule has 3 heteroatoms. The molecular formula is C13H13NO2. The number of rotatable bonds is 3. The Balaban J connectivity index is 2.56. The van der Waals surface area contributed by atoms with Crippen molar-refractivity contribution in [1.29, 1.82) is 0 Å². The Labute approximate surface area is 93.7 Å². The first kappa shape index (κ1) is 10.8. The molecule has 0 radical (unpaired) electrons. The first-order chi connectivity index (χ1) is 7.74. The first-order valence-electron chi connectivity index (χ1n) is 5.29. The smallest absolute Gasteiger partial charge is 0.191 e. The Hall–Kier alpha value is -1.74. The van der Waals surface area contributed by atoms with Gasteiger partial charge in [-0.2, -0.15) is 0 Å². The highest BCUT2D eigenvalue weighted by Crippen LogP contribution is 2.19. The van der Waals surface area contributed by atoms with Crippen molar-refractivity contribution in [2.75, 3.05) is 0 Å².